The van der Waals surface area contributed by atoms with Gasteiger partial charge in [-0.05, 0) is 141 Å². The van der Waals surface area contributed by atoms with Crippen LogP contribution in [0.25, 0.3) is 22.3 Å². The highest BCUT2D eigenvalue weighted by molar-refractivity contribution is 5.99. The molecule has 0 aliphatic rings. The molecule has 0 aliphatic heterocycles. The molecule has 8 N–H and O–H groups in total. The quantitative estimate of drug-likeness (QED) is 0.0603. The van der Waals surface area contributed by atoms with Crippen LogP contribution in [-0.4, -0.2) is 46.7 Å². The maximum absolute atomic E-state index is 9.70. The molecule has 0 aliphatic carbocycles. The van der Waals surface area contributed by atoms with Crippen molar-refractivity contribution in [2.45, 2.75) is 26.7 Å². The van der Waals surface area contributed by atoms with Crippen molar-refractivity contribution in [2.75, 3.05) is 26.3 Å². The Morgan fingerprint density at radius 2 is 0.607 bits per heavy atom. The fourth-order valence-electron chi connectivity index (χ4n) is 6.45. The van der Waals surface area contributed by atoms with Gasteiger partial charge in [0, 0.05) is 13.1 Å². The van der Waals surface area contributed by atoms with Gasteiger partial charge in [0.25, 0.3) is 0 Å². The van der Waals surface area contributed by atoms with Crippen LogP contribution in [0.1, 0.15) is 60.1 Å². The number of nitrogens with two attached hydrogens (primary N) is 2. The van der Waals surface area contributed by atoms with Crippen LogP contribution in [0.3, 0.4) is 0 Å². The summed E-state index contributed by atoms with van der Waals surface area (Å²) in [7, 11) is 0. The van der Waals surface area contributed by atoms with E-state index in [-0.39, 0.29) is 23.0 Å². The summed E-state index contributed by atoms with van der Waals surface area (Å²) < 4.78 is 11.2. The van der Waals surface area contributed by atoms with Crippen molar-refractivity contribution < 1.29 is 29.9 Å². The monoisotopic (exact) mass is 750 g/mol. The average Bonchev–Trinajstić information content (AvgIpc) is 3.23. The molecule has 0 saturated carbocycles. The summed E-state index contributed by atoms with van der Waals surface area (Å²) in [5.74, 6) is 2.51. The summed E-state index contributed by atoms with van der Waals surface area (Å²) in [6.07, 6.45) is 1.62. The first-order valence-corrected chi connectivity index (χ1v) is 18.7. The first-order chi connectivity index (χ1) is 27.2. The summed E-state index contributed by atoms with van der Waals surface area (Å²) in [6.45, 7) is 6.13. The van der Waals surface area contributed by atoms with Crippen LogP contribution in [-0.2, 0) is 0 Å². The summed E-state index contributed by atoms with van der Waals surface area (Å²) in [4.78, 5) is 0. The lowest BCUT2D eigenvalue weighted by molar-refractivity contribution is 0.328. The topological polar surface area (TPSA) is 151 Å². The molecule has 288 valence electrons. The summed E-state index contributed by atoms with van der Waals surface area (Å²) >= 11 is 0. The van der Waals surface area contributed by atoms with E-state index in [9.17, 15) is 20.4 Å². The Bertz CT molecular complexity index is 2010. The maximum Gasteiger partial charge on any atom is 0.119 e. The third-order valence-corrected chi connectivity index (χ3v) is 9.11. The van der Waals surface area contributed by atoms with Crippen LogP contribution in [0.5, 0.6) is 34.5 Å². The summed E-state index contributed by atoms with van der Waals surface area (Å²) in [5, 5.41) is 38.7. The lowest BCUT2D eigenvalue weighted by Crippen LogP contribution is -2.10. The molecule has 0 saturated heterocycles. The van der Waals surface area contributed by atoms with Crippen molar-refractivity contribution in [3.63, 3.8) is 0 Å². The number of hydrogen-bond acceptors (Lipinski definition) is 8. The Kier molecular flexibility index (Phi) is 14.7. The molecule has 0 spiro atoms. The lowest BCUT2D eigenvalue weighted by Gasteiger charge is -2.17. The third-order valence-electron chi connectivity index (χ3n) is 9.11. The van der Waals surface area contributed by atoms with Crippen molar-refractivity contribution in [3.8, 4) is 34.5 Å². The number of benzene rings is 6. The molecule has 8 nitrogen and oxygen atoms in total. The minimum atomic E-state index is 0.233. The second kappa shape index (κ2) is 20.3. The molecular weight excluding hydrogens is 701 g/mol. The maximum atomic E-state index is 9.70. The largest absolute Gasteiger partial charge is 0.508 e. The standard InChI is InChI=1S/2C24H25NO3/c2*1-2-23(17-3-9-20(26)10-4-17)24(18-5-11-21(27)12-6-18)19-7-13-22(14-8-19)28-16-15-25/h2*3-14,26-27H,2,15-16,25H2,1H3. The summed E-state index contributed by atoms with van der Waals surface area (Å²) in [5.41, 5.74) is 21.7. The highest BCUT2D eigenvalue weighted by Gasteiger charge is 2.15. The molecule has 0 bridgehead atoms. The van der Waals surface area contributed by atoms with Crippen LogP contribution >= 0.6 is 0 Å². The predicted octanol–water partition coefficient (Wildman–Crippen LogP) is 9.61. The molecule has 0 unspecified atom stereocenters. The van der Waals surface area contributed by atoms with Crippen LogP contribution in [0.15, 0.2) is 146 Å². The van der Waals surface area contributed by atoms with Gasteiger partial charge in [-0.1, -0.05) is 86.6 Å². The first-order valence-electron chi connectivity index (χ1n) is 18.7. The zero-order chi connectivity index (χ0) is 39.9. The molecular formula is C48H50N2O6. The van der Waals surface area contributed by atoms with E-state index in [4.69, 9.17) is 20.9 Å². The Balaban J connectivity index is 0.000000214. The minimum Gasteiger partial charge on any atom is -0.508 e. The molecule has 0 amide bonds. The van der Waals surface area contributed by atoms with E-state index < -0.39 is 0 Å². The van der Waals surface area contributed by atoms with Crippen molar-refractivity contribution >= 4 is 22.3 Å². The van der Waals surface area contributed by atoms with Gasteiger partial charge in [-0.25, -0.2) is 0 Å². The van der Waals surface area contributed by atoms with E-state index in [1.807, 2.05) is 97.1 Å². The number of aromatic hydroxyl groups is 4. The van der Waals surface area contributed by atoms with Crippen LogP contribution in [0.4, 0.5) is 0 Å². The molecule has 6 aromatic rings. The van der Waals surface area contributed by atoms with Gasteiger partial charge in [0.05, 0.1) is 0 Å². The Labute approximate surface area is 329 Å². The fraction of sp³-hybridized carbons (Fsp3) is 0.167. The van der Waals surface area contributed by atoms with Crippen LogP contribution < -0.4 is 20.9 Å². The van der Waals surface area contributed by atoms with Crippen LogP contribution in [0.2, 0.25) is 0 Å². The highest BCUT2D eigenvalue weighted by atomic mass is 16.5. The van der Waals surface area contributed by atoms with Crippen LogP contribution in [0, 0.1) is 0 Å². The number of phenolic OH excluding ortho intramolecular Hbond substituents is 4. The number of allylic oxidation sites excluding steroid dienone is 2. The van der Waals surface area contributed by atoms with Crippen molar-refractivity contribution in [3.05, 3.63) is 179 Å². The molecule has 0 fully saturated rings. The van der Waals surface area contributed by atoms with E-state index in [0.717, 1.165) is 80.0 Å². The number of phenols is 4. The first kappa shape index (κ1) is 40.7. The molecule has 6 aromatic carbocycles. The van der Waals surface area contributed by atoms with E-state index in [2.05, 4.69) is 13.8 Å². The molecule has 0 atom stereocenters. The van der Waals surface area contributed by atoms with Crippen molar-refractivity contribution in [1.82, 2.24) is 0 Å². The van der Waals surface area contributed by atoms with Crippen molar-refractivity contribution in [1.29, 1.82) is 0 Å². The van der Waals surface area contributed by atoms with Gasteiger partial charge in [-0.3, -0.25) is 0 Å². The molecule has 0 heterocycles. The second-order valence-electron chi connectivity index (χ2n) is 12.9. The number of rotatable bonds is 14. The Hall–Kier alpha value is -6.48. The molecule has 0 radical (unpaired) electrons. The zero-order valence-corrected chi connectivity index (χ0v) is 31.9. The SMILES string of the molecule is CCC(=C(c1ccc(O)cc1)c1ccc(OCCN)cc1)c1ccc(O)cc1.CCC(=C(c1ccc(O)cc1)c1ccc(OCCN)cc1)c1ccc(O)cc1. The van der Waals surface area contributed by atoms with E-state index in [1.54, 1.807) is 48.5 Å². The molecule has 8 heteroatoms. The minimum absolute atomic E-state index is 0.233. The molecule has 56 heavy (non-hydrogen) atoms. The van der Waals surface area contributed by atoms with Gasteiger partial charge >= 0.3 is 0 Å². The Morgan fingerprint density at radius 1 is 0.375 bits per heavy atom. The predicted molar refractivity (Wildman–Crippen MR) is 227 cm³/mol. The van der Waals surface area contributed by atoms with Gasteiger partial charge < -0.3 is 41.4 Å². The lowest BCUT2D eigenvalue weighted by atomic mass is 9.88. The smallest absolute Gasteiger partial charge is 0.119 e. The van der Waals surface area contributed by atoms with Gasteiger partial charge in [0.15, 0.2) is 0 Å². The molecule has 0 aromatic heterocycles. The van der Waals surface area contributed by atoms with Gasteiger partial charge in [0.1, 0.15) is 47.7 Å². The van der Waals surface area contributed by atoms with E-state index in [1.165, 1.54) is 0 Å². The average molecular weight is 751 g/mol. The van der Waals surface area contributed by atoms with Gasteiger partial charge in [-0.2, -0.15) is 0 Å². The highest BCUT2D eigenvalue weighted by Crippen LogP contribution is 2.37. The zero-order valence-electron chi connectivity index (χ0n) is 31.9. The summed E-state index contributed by atoms with van der Waals surface area (Å²) in [6, 6.07) is 44.8. The fourth-order valence-corrected chi connectivity index (χ4v) is 6.45. The number of ether oxygens (including phenoxy) is 2. The van der Waals surface area contributed by atoms with E-state index >= 15 is 0 Å². The second-order valence-corrected chi connectivity index (χ2v) is 12.9. The van der Waals surface area contributed by atoms with Gasteiger partial charge in [-0.15, -0.1) is 0 Å². The van der Waals surface area contributed by atoms with Gasteiger partial charge in [0.2, 0.25) is 0 Å². The van der Waals surface area contributed by atoms with E-state index in [0.29, 0.717) is 26.3 Å². The molecule has 6 rings (SSSR count). The number of hydrogen-bond donors (Lipinski definition) is 6. The van der Waals surface area contributed by atoms with Crippen molar-refractivity contribution in [2.24, 2.45) is 11.5 Å². The third kappa shape index (κ3) is 10.8. The normalized spacial score (nSPS) is 11.8. The Morgan fingerprint density at radius 3 is 0.839 bits per heavy atom.